The lowest BCUT2D eigenvalue weighted by molar-refractivity contribution is 0.102. The Bertz CT molecular complexity index is 1330. The molecule has 0 fully saturated rings. The van der Waals surface area contributed by atoms with E-state index in [-0.39, 0.29) is 5.91 Å². The summed E-state index contributed by atoms with van der Waals surface area (Å²) in [6.45, 7) is 0.687. The predicted molar refractivity (Wildman–Crippen MR) is 132 cm³/mol. The molecule has 34 heavy (non-hydrogen) atoms. The molecule has 0 unspecified atom stereocenters. The molecular formula is C26H19Cl2N3O3. The number of ether oxygens (including phenoxy) is 2. The van der Waals surface area contributed by atoms with Crippen LogP contribution in [0, 0.1) is 0 Å². The molecule has 6 nitrogen and oxygen atoms in total. The van der Waals surface area contributed by atoms with E-state index in [1.54, 1.807) is 42.6 Å². The van der Waals surface area contributed by atoms with E-state index in [1.807, 2.05) is 24.3 Å². The first-order valence-electron chi connectivity index (χ1n) is 10.7. The van der Waals surface area contributed by atoms with Crippen LogP contribution < -0.4 is 14.8 Å². The summed E-state index contributed by atoms with van der Waals surface area (Å²) in [5.74, 6) is 1.91. The maximum absolute atomic E-state index is 12.6. The van der Waals surface area contributed by atoms with Gasteiger partial charge in [-0.25, -0.2) is 4.98 Å². The van der Waals surface area contributed by atoms with Crippen molar-refractivity contribution in [3.05, 3.63) is 94.2 Å². The highest BCUT2D eigenvalue weighted by molar-refractivity contribution is 6.32. The number of rotatable bonds is 5. The number of nitrogens with zero attached hydrogens (tertiary/aromatic N) is 2. The molecule has 0 saturated heterocycles. The minimum Gasteiger partial charge on any atom is -0.493 e. The molecule has 2 heterocycles. The first-order chi connectivity index (χ1) is 16.5. The summed E-state index contributed by atoms with van der Waals surface area (Å²) in [6, 6.07) is 17.7. The second kappa shape index (κ2) is 9.71. The smallest absolute Gasteiger partial charge is 0.256 e. The molecule has 8 heteroatoms. The third kappa shape index (κ3) is 4.98. The van der Waals surface area contributed by atoms with Crippen molar-refractivity contribution in [1.82, 2.24) is 9.97 Å². The van der Waals surface area contributed by atoms with Crippen molar-refractivity contribution in [3.8, 4) is 28.5 Å². The molecule has 3 aromatic carbocycles. The monoisotopic (exact) mass is 491 g/mol. The number of aromatic nitrogens is 2. The first-order valence-corrected chi connectivity index (χ1v) is 11.4. The summed E-state index contributed by atoms with van der Waals surface area (Å²) in [5.41, 5.74) is 3.11. The molecule has 170 valence electrons. The topological polar surface area (TPSA) is 73.3 Å². The first kappa shape index (κ1) is 22.2. The average molecular weight is 492 g/mol. The number of aryl methyl sites for hydroxylation is 1. The molecule has 0 saturated carbocycles. The Labute approximate surface area is 206 Å². The van der Waals surface area contributed by atoms with Crippen molar-refractivity contribution in [2.75, 3.05) is 11.9 Å². The average Bonchev–Trinajstić information content (AvgIpc) is 2.86. The largest absolute Gasteiger partial charge is 0.493 e. The van der Waals surface area contributed by atoms with Gasteiger partial charge in [-0.15, -0.1) is 0 Å². The van der Waals surface area contributed by atoms with Gasteiger partial charge < -0.3 is 14.8 Å². The SMILES string of the molecule is O=C(Nc1cnc(-c2ccc(Cl)cc2)cn1)c1ccc(Oc2cc3c(cc2Cl)CCCO3)cc1. The van der Waals surface area contributed by atoms with Crippen molar-refractivity contribution in [1.29, 1.82) is 0 Å². The van der Waals surface area contributed by atoms with Crippen molar-refractivity contribution in [2.24, 2.45) is 0 Å². The number of halogens is 2. The summed E-state index contributed by atoms with van der Waals surface area (Å²) >= 11 is 12.3. The number of hydrogen-bond donors (Lipinski definition) is 1. The molecule has 0 spiro atoms. The van der Waals surface area contributed by atoms with E-state index < -0.39 is 0 Å². The predicted octanol–water partition coefficient (Wildman–Crippen LogP) is 6.82. The third-order valence-electron chi connectivity index (χ3n) is 5.34. The Morgan fingerprint density at radius 1 is 0.971 bits per heavy atom. The van der Waals surface area contributed by atoms with E-state index in [0.717, 1.165) is 29.7 Å². The zero-order valence-electron chi connectivity index (χ0n) is 17.9. The van der Waals surface area contributed by atoms with E-state index in [1.165, 1.54) is 6.20 Å². The van der Waals surface area contributed by atoms with Gasteiger partial charge in [0.2, 0.25) is 0 Å². The number of benzene rings is 3. The van der Waals surface area contributed by atoms with Gasteiger partial charge in [-0.1, -0.05) is 35.3 Å². The molecule has 0 aliphatic carbocycles. The lowest BCUT2D eigenvalue weighted by atomic mass is 10.1. The normalized spacial score (nSPS) is 12.4. The van der Waals surface area contributed by atoms with Crippen LogP contribution in [0.3, 0.4) is 0 Å². The van der Waals surface area contributed by atoms with Gasteiger partial charge in [-0.2, -0.15) is 0 Å². The van der Waals surface area contributed by atoms with E-state index >= 15 is 0 Å². The minimum absolute atomic E-state index is 0.305. The lowest BCUT2D eigenvalue weighted by Crippen LogP contribution is -2.13. The van der Waals surface area contributed by atoms with E-state index in [2.05, 4.69) is 15.3 Å². The molecule has 4 aromatic rings. The Morgan fingerprint density at radius 2 is 1.76 bits per heavy atom. The van der Waals surface area contributed by atoms with Gasteiger partial charge in [0.25, 0.3) is 5.91 Å². The molecule has 0 radical (unpaired) electrons. The second-order valence-corrected chi connectivity index (χ2v) is 8.56. The molecule has 5 rings (SSSR count). The summed E-state index contributed by atoms with van der Waals surface area (Å²) in [7, 11) is 0. The highest BCUT2D eigenvalue weighted by atomic mass is 35.5. The Morgan fingerprint density at radius 3 is 2.50 bits per heavy atom. The van der Waals surface area contributed by atoms with Crippen molar-refractivity contribution >= 4 is 34.9 Å². The van der Waals surface area contributed by atoms with Crippen LogP contribution in [0.4, 0.5) is 5.82 Å². The lowest BCUT2D eigenvalue weighted by Gasteiger charge is -2.19. The number of hydrogen-bond acceptors (Lipinski definition) is 5. The summed E-state index contributed by atoms with van der Waals surface area (Å²) in [6.07, 6.45) is 5.03. The van der Waals surface area contributed by atoms with Crippen molar-refractivity contribution in [2.45, 2.75) is 12.8 Å². The fourth-order valence-corrected chi connectivity index (χ4v) is 3.93. The number of carbonyl (C=O) groups excluding carboxylic acids is 1. The molecule has 1 aromatic heterocycles. The van der Waals surface area contributed by atoms with E-state index in [0.29, 0.717) is 45.2 Å². The molecule has 1 aliphatic rings. The van der Waals surface area contributed by atoms with Gasteiger partial charge in [0.1, 0.15) is 17.2 Å². The second-order valence-electron chi connectivity index (χ2n) is 7.72. The molecular weight excluding hydrogens is 473 g/mol. The Hall–Kier alpha value is -3.61. The number of amides is 1. The maximum atomic E-state index is 12.6. The van der Waals surface area contributed by atoms with Gasteiger partial charge in [0, 0.05) is 22.2 Å². The van der Waals surface area contributed by atoms with Crippen LogP contribution in [-0.2, 0) is 6.42 Å². The quantitative estimate of drug-likeness (QED) is 0.331. The van der Waals surface area contributed by atoms with Crippen LogP contribution in [0.2, 0.25) is 10.0 Å². The number of carbonyl (C=O) groups is 1. The number of nitrogens with one attached hydrogen (secondary N) is 1. The number of fused-ring (bicyclic) bond motifs is 1. The van der Waals surface area contributed by atoms with E-state index in [9.17, 15) is 4.79 Å². The standard InChI is InChI=1S/C26H19Cl2N3O3/c27-19-7-3-16(4-8-19)22-14-30-25(15-29-22)31-26(32)17-5-9-20(10-6-17)34-24-13-23-18(12-21(24)28)2-1-11-33-23/h3-10,12-15H,1-2,11H2,(H,30,31,32). The fraction of sp³-hybridized carbons (Fsp3) is 0.115. The zero-order valence-corrected chi connectivity index (χ0v) is 19.4. The Balaban J connectivity index is 1.24. The number of anilines is 1. The van der Waals surface area contributed by atoms with Crippen LogP contribution in [0.25, 0.3) is 11.3 Å². The highest BCUT2D eigenvalue weighted by Gasteiger charge is 2.15. The molecule has 1 amide bonds. The molecule has 0 atom stereocenters. The molecule has 0 bridgehead atoms. The summed E-state index contributed by atoms with van der Waals surface area (Å²) in [4.78, 5) is 21.3. The van der Waals surface area contributed by atoms with Gasteiger partial charge in [-0.05, 0) is 60.9 Å². The van der Waals surface area contributed by atoms with Gasteiger partial charge in [-0.3, -0.25) is 9.78 Å². The Kier molecular flexibility index (Phi) is 6.34. The van der Waals surface area contributed by atoms with E-state index in [4.69, 9.17) is 32.7 Å². The fourth-order valence-electron chi connectivity index (χ4n) is 3.58. The highest BCUT2D eigenvalue weighted by Crippen LogP contribution is 2.37. The molecule has 1 N–H and O–H groups in total. The van der Waals surface area contributed by atoms with Crippen LogP contribution in [-0.4, -0.2) is 22.5 Å². The zero-order chi connectivity index (χ0) is 23.5. The van der Waals surface area contributed by atoms with Gasteiger partial charge in [0.05, 0.1) is 29.7 Å². The molecule has 1 aliphatic heterocycles. The summed E-state index contributed by atoms with van der Waals surface area (Å²) < 4.78 is 11.6. The van der Waals surface area contributed by atoms with Crippen molar-refractivity contribution in [3.63, 3.8) is 0 Å². The van der Waals surface area contributed by atoms with Crippen LogP contribution >= 0.6 is 23.2 Å². The van der Waals surface area contributed by atoms with Crippen LogP contribution in [0.15, 0.2) is 73.1 Å². The van der Waals surface area contributed by atoms with Gasteiger partial charge >= 0.3 is 0 Å². The van der Waals surface area contributed by atoms with Crippen LogP contribution in [0.5, 0.6) is 17.2 Å². The maximum Gasteiger partial charge on any atom is 0.256 e. The third-order valence-corrected chi connectivity index (χ3v) is 5.89. The summed E-state index contributed by atoms with van der Waals surface area (Å²) in [5, 5.41) is 3.92. The van der Waals surface area contributed by atoms with Crippen molar-refractivity contribution < 1.29 is 14.3 Å². The minimum atomic E-state index is -0.305. The van der Waals surface area contributed by atoms with Gasteiger partial charge in [0.15, 0.2) is 5.82 Å². The van der Waals surface area contributed by atoms with Crippen LogP contribution in [0.1, 0.15) is 22.3 Å².